The van der Waals surface area contributed by atoms with Crippen molar-refractivity contribution in [1.29, 1.82) is 0 Å². The number of hydrogen-bond acceptors (Lipinski definition) is 2. The van der Waals surface area contributed by atoms with Crippen LogP contribution in [0.4, 0.5) is 0 Å². The molecule has 0 aliphatic carbocycles. The van der Waals surface area contributed by atoms with E-state index in [9.17, 15) is 0 Å². The van der Waals surface area contributed by atoms with Crippen LogP contribution in [0.3, 0.4) is 0 Å². The van der Waals surface area contributed by atoms with Crippen molar-refractivity contribution in [2.24, 2.45) is 0 Å². The van der Waals surface area contributed by atoms with Gasteiger partial charge in [-0.3, -0.25) is 0 Å². The molecule has 0 heterocycles. The topological polar surface area (TPSA) is 63.4 Å². The summed E-state index contributed by atoms with van der Waals surface area (Å²) in [5.41, 5.74) is 0. The normalized spacial score (nSPS) is 3.43. The van der Waals surface area contributed by atoms with Crippen molar-refractivity contribution < 1.29 is 99.0 Å². The molecule has 0 saturated carbocycles. The molecular formula is HNNa3O3+3. The van der Waals surface area contributed by atoms with Gasteiger partial charge in [-0.25, -0.2) is 0 Å². The van der Waals surface area contributed by atoms with Crippen molar-refractivity contribution in [2.75, 3.05) is 0 Å². The molecule has 0 saturated heterocycles. The monoisotopic (exact) mass is 132 g/mol. The smallest absolute Gasteiger partial charge is 0.328 e. The van der Waals surface area contributed by atoms with E-state index in [0.29, 0.717) is 0 Å². The van der Waals surface area contributed by atoms with Gasteiger partial charge >= 0.3 is 88.7 Å². The minimum Gasteiger partial charge on any atom is -0.328 e. The van der Waals surface area contributed by atoms with Gasteiger partial charge in [-0.2, -0.15) is 0 Å². The van der Waals surface area contributed by atoms with Gasteiger partial charge in [-0.15, -0.1) is 10.1 Å². The molecule has 0 aromatic heterocycles. The Bertz CT molecular complexity index is 33.2. The number of nitrogens with zero attached hydrogens (tertiary/aromatic N) is 1. The van der Waals surface area contributed by atoms with Gasteiger partial charge in [-0.05, 0) is 0 Å². The first kappa shape index (κ1) is 22.9. The third-order valence-electron chi connectivity index (χ3n) is 0. The Morgan fingerprint density at radius 2 is 1.29 bits per heavy atom. The van der Waals surface area contributed by atoms with Crippen LogP contribution in [0.2, 0.25) is 0 Å². The first-order valence-electron chi connectivity index (χ1n) is 0.565. The van der Waals surface area contributed by atoms with Gasteiger partial charge < -0.3 is 5.21 Å². The summed E-state index contributed by atoms with van der Waals surface area (Å²) in [4.78, 5) is 8.36. The van der Waals surface area contributed by atoms with Crippen LogP contribution in [0.25, 0.3) is 0 Å². The molecule has 0 aliphatic heterocycles. The fourth-order valence-corrected chi connectivity index (χ4v) is 0. The molecule has 0 bridgehead atoms. The summed E-state index contributed by atoms with van der Waals surface area (Å²) in [5, 5.41) is 13.6. The quantitative estimate of drug-likeness (QED) is 0.202. The van der Waals surface area contributed by atoms with E-state index in [-0.39, 0.29) is 88.7 Å². The molecular weight excluding hydrogens is 131 g/mol. The van der Waals surface area contributed by atoms with Crippen molar-refractivity contribution in [3.63, 3.8) is 0 Å². The van der Waals surface area contributed by atoms with Gasteiger partial charge in [0.05, 0.1) is 0 Å². The molecule has 0 radical (unpaired) electrons. The van der Waals surface area contributed by atoms with Crippen molar-refractivity contribution >= 4 is 0 Å². The Hall–Kier alpha value is 2.20. The average Bonchev–Trinajstić information content (AvgIpc) is 0.811. The summed E-state index contributed by atoms with van der Waals surface area (Å²) < 4.78 is 0. The maximum Gasteiger partial charge on any atom is 1.00 e. The molecule has 0 rings (SSSR count). The molecule has 24 valence electrons. The largest absolute Gasteiger partial charge is 1.00 e. The zero-order valence-corrected chi connectivity index (χ0v) is 10.7. The molecule has 0 fully saturated rings. The van der Waals surface area contributed by atoms with Gasteiger partial charge in [0, 0.05) is 0 Å². The van der Waals surface area contributed by atoms with Gasteiger partial charge in [0.2, 0.25) is 0 Å². The summed E-state index contributed by atoms with van der Waals surface area (Å²) in [5.74, 6) is 0. The summed E-state index contributed by atoms with van der Waals surface area (Å²) in [6, 6.07) is 0. The van der Waals surface area contributed by atoms with E-state index in [4.69, 9.17) is 15.3 Å². The van der Waals surface area contributed by atoms with Gasteiger partial charge in [0.1, 0.15) is 0 Å². The standard InChI is InChI=1S/HNO3.3Na/c2-1(3)4;;;/h(H,2,3,4);;;/q;3*+1. The molecule has 0 spiro atoms. The zero-order chi connectivity index (χ0) is 3.58. The SMILES string of the molecule is O=[N+]([O-])O.[Na+].[Na+].[Na+]. The molecule has 0 aliphatic rings. The fraction of sp³-hybridized carbons (Fsp3) is 0. The van der Waals surface area contributed by atoms with E-state index in [1.165, 1.54) is 0 Å². The van der Waals surface area contributed by atoms with Crippen LogP contribution in [0.15, 0.2) is 0 Å². The van der Waals surface area contributed by atoms with Crippen molar-refractivity contribution in [2.45, 2.75) is 0 Å². The van der Waals surface area contributed by atoms with Crippen LogP contribution in [0, 0.1) is 10.1 Å². The summed E-state index contributed by atoms with van der Waals surface area (Å²) >= 11 is 0. The Morgan fingerprint density at radius 1 is 1.29 bits per heavy atom. The Kier molecular flexibility index (Phi) is 51.4. The summed E-state index contributed by atoms with van der Waals surface area (Å²) in [6.45, 7) is 0. The van der Waals surface area contributed by atoms with Crippen molar-refractivity contribution in [3.8, 4) is 0 Å². The van der Waals surface area contributed by atoms with Crippen LogP contribution in [-0.2, 0) is 0 Å². The molecule has 0 aromatic rings. The zero-order valence-electron chi connectivity index (χ0n) is 4.71. The molecule has 4 nitrogen and oxygen atoms in total. The van der Waals surface area contributed by atoms with Gasteiger partial charge in [-0.1, -0.05) is 0 Å². The van der Waals surface area contributed by atoms with E-state index in [1.807, 2.05) is 0 Å². The molecule has 0 atom stereocenters. The van der Waals surface area contributed by atoms with Crippen LogP contribution in [-0.4, -0.2) is 10.3 Å². The van der Waals surface area contributed by atoms with Crippen LogP contribution in [0.1, 0.15) is 0 Å². The molecule has 1 N–H and O–H groups in total. The predicted octanol–water partition coefficient (Wildman–Crippen LogP) is -9.34. The second kappa shape index (κ2) is 15.7. The maximum absolute atomic E-state index is 8.36. The molecule has 0 amide bonds. The Labute approximate surface area is 107 Å². The fourth-order valence-electron chi connectivity index (χ4n) is 0. The molecule has 7 heteroatoms. The van der Waals surface area contributed by atoms with Crippen LogP contribution < -0.4 is 88.7 Å². The number of hydrogen-bond donors (Lipinski definition) is 1. The number of rotatable bonds is 0. The van der Waals surface area contributed by atoms with Gasteiger partial charge in [0.15, 0.2) is 0 Å². The molecule has 0 aromatic carbocycles. The third-order valence-corrected chi connectivity index (χ3v) is 0. The minimum atomic E-state index is -1.50. The Balaban J connectivity index is -0.0000000150. The van der Waals surface area contributed by atoms with E-state index in [2.05, 4.69) is 0 Å². The molecule has 0 unspecified atom stereocenters. The molecule has 7 heavy (non-hydrogen) atoms. The van der Waals surface area contributed by atoms with E-state index < -0.39 is 5.09 Å². The summed E-state index contributed by atoms with van der Waals surface area (Å²) in [7, 11) is 0. The minimum absolute atomic E-state index is 0. The Morgan fingerprint density at radius 3 is 1.29 bits per heavy atom. The van der Waals surface area contributed by atoms with Crippen molar-refractivity contribution in [3.05, 3.63) is 10.1 Å². The van der Waals surface area contributed by atoms with Crippen LogP contribution in [0.5, 0.6) is 0 Å². The second-order valence-corrected chi connectivity index (χ2v) is 0.238. The predicted molar refractivity (Wildman–Crippen MR) is 8.78 cm³/mol. The van der Waals surface area contributed by atoms with E-state index >= 15 is 0 Å². The first-order valence-corrected chi connectivity index (χ1v) is 0.565. The average molecular weight is 132 g/mol. The van der Waals surface area contributed by atoms with Crippen molar-refractivity contribution in [1.82, 2.24) is 0 Å². The van der Waals surface area contributed by atoms with E-state index in [1.54, 1.807) is 0 Å². The van der Waals surface area contributed by atoms with Gasteiger partial charge in [0.25, 0.3) is 5.09 Å². The maximum atomic E-state index is 8.36. The second-order valence-electron chi connectivity index (χ2n) is 0.238. The van der Waals surface area contributed by atoms with E-state index in [0.717, 1.165) is 0 Å². The first-order chi connectivity index (χ1) is 1.73. The van der Waals surface area contributed by atoms with Crippen LogP contribution >= 0.6 is 0 Å². The summed E-state index contributed by atoms with van der Waals surface area (Å²) in [6.07, 6.45) is 0. The third kappa shape index (κ3) is 65.1.